The first-order valence-corrected chi connectivity index (χ1v) is 16.4. The zero-order chi connectivity index (χ0) is 32.3. The lowest BCUT2D eigenvalue weighted by atomic mass is 9.99. The number of fused-ring (bicyclic) bond motifs is 8. The smallest absolute Gasteiger partial charge is 0.160 e. The van der Waals surface area contributed by atoms with Crippen LogP contribution in [-0.4, -0.2) is 15.0 Å². The first-order valence-electron chi connectivity index (χ1n) is 16.4. The van der Waals surface area contributed by atoms with Crippen molar-refractivity contribution >= 4 is 54.4 Å². The van der Waals surface area contributed by atoms with Gasteiger partial charge in [-0.1, -0.05) is 121 Å². The van der Waals surface area contributed by atoms with Crippen molar-refractivity contribution in [2.45, 2.75) is 0 Å². The van der Waals surface area contributed by atoms with Gasteiger partial charge in [0.15, 0.2) is 5.82 Å². The number of nitrogens with zero attached hydrogens (tertiary/aromatic N) is 3. The predicted molar refractivity (Wildman–Crippen MR) is 201 cm³/mol. The minimum absolute atomic E-state index is 0.682. The number of pyridine rings is 1. The van der Waals surface area contributed by atoms with Gasteiger partial charge in [-0.2, -0.15) is 0 Å². The van der Waals surface area contributed by atoms with Crippen LogP contribution in [0, 0.1) is 0 Å². The van der Waals surface area contributed by atoms with Crippen LogP contribution in [0.3, 0.4) is 0 Å². The van der Waals surface area contributed by atoms with Gasteiger partial charge in [0.1, 0.15) is 11.2 Å². The molecule has 228 valence electrons. The zero-order valence-electron chi connectivity index (χ0n) is 26.3. The molecule has 0 N–H and O–H groups in total. The van der Waals surface area contributed by atoms with Gasteiger partial charge in [-0.3, -0.25) is 0 Å². The zero-order valence-corrected chi connectivity index (χ0v) is 26.3. The summed E-state index contributed by atoms with van der Waals surface area (Å²) in [6.45, 7) is 0. The van der Waals surface area contributed by atoms with Crippen LogP contribution in [0.2, 0.25) is 0 Å². The van der Waals surface area contributed by atoms with Crippen LogP contribution in [0.5, 0.6) is 0 Å². The molecule has 0 amide bonds. The van der Waals surface area contributed by atoms with Gasteiger partial charge in [0.25, 0.3) is 0 Å². The van der Waals surface area contributed by atoms with Crippen molar-refractivity contribution in [2.75, 3.05) is 0 Å². The molecule has 10 aromatic rings. The van der Waals surface area contributed by atoms with Gasteiger partial charge < -0.3 is 4.42 Å². The fourth-order valence-corrected chi connectivity index (χ4v) is 7.06. The topological polar surface area (TPSA) is 51.8 Å². The number of benzene rings is 7. The quantitative estimate of drug-likeness (QED) is 0.183. The van der Waals surface area contributed by atoms with Crippen molar-refractivity contribution in [1.82, 2.24) is 15.0 Å². The normalized spacial score (nSPS) is 11.7. The summed E-state index contributed by atoms with van der Waals surface area (Å²) in [5, 5.41) is 7.84. The summed E-state index contributed by atoms with van der Waals surface area (Å²) < 4.78 is 6.60. The Morgan fingerprint density at radius 3 is 1.88 bits per heavy atom. The van der Waals surface area contributed by atoms with Gasteiger partial charge in [0, 0.05) is 33.0 Å². The van der Waals surface area contributed by atoms with Crippen molar-refractivity contribution in [2.24, 2.45) is 0 Å². The summed E-state index contributed by atoms with van der Waals surface area (Å²) in [7, 11) is 0. The average molecular weight is 626 g/mol. The largest absolute Gasteiger partial charge is 0.455 e. The molecule has 0 aliphatic carbocycles. The third kappa shape index (κ3) is 4.57. The monoisotopic (exact) mass is 625 g/mol. The summed E-state index contributed by atoms with van der Waals surface area (Å²) in [5.74, 6) is 0.682. The van der Waals surface area contributed by atoms with E-state index in [0.29, 0.717) is 5.82 Å². The Bertz CT molecular complexity index is 2880. The third-order valence-electron chi connectivity index (χ3n) is 9.45. The molecule has 10 rings (SSSR count). The van der Waals surface area contributed by atoms with Crippen molar-refractivity contribution in [3.8, 4) is 45.2 Å². The molecule has 3 aromatic heterocycles. The van der Waals surface area contributed by atoms with Gasteiger partial charge in [-0.15, -0.1) is 0 Å². The molecule has 4 heteroatoms. The molecular weight excluding hydrogens is 599 g/mol. The van der Waals surface area contributed by atoms with E-state index in [-0.39, 0.29) is 0 Å². The molecule has 7 aromatic carbocycles. The maximum Gasteiger partial charge on any atom is 0.160 e. The highest BCUT2D eigenvalue weighted by Crippen LogP contribution is 2.41. The van der Waals surface area contributed by atoms with Gasteiger partial charge in [-0.05, 0) is 64.0 Å². The molecule has 0 fully saturated rings. The van der Waals surface area contributed by atoms with E-state index in [0.717, 1.165) is 77.6 Å². The second-order valence-corrected chi connectivity index (χ2v) is 12.4. The van der Waals surface area contributed by atoms with E-state index in [1.54, 1.807) is 0 Å². The Morgan fingerprint density at radius 2 is 1.04 bits per heavy atom. The van der Waals surface area contributed by atoms with Gasteiger partial charge >= 0.3 is 0 Å². The van der Waals surface area contributed by atoms with E-state index in [1.807, 2.05) is 42.5 Å². The SMILES string of the molecule is c1ccc(-c2cc(-c3ccc4oc5c6ccccc6nc(-c6ccccc6)c5c4c3)nc(-c3ccc4c(ccc5ccccc54)c3)n2)cc1. The molecule has 0 aliphatic heterocycles. The second kappa shape index (κ2) is 11.0. The second-order valence-electron chi connectivity index (χ2n) is 12.4. The molecular formula is C45H27N3O. The van der Waals surface area contributed by atoms with Crippen LogP contribution in [0.25, 0.3) is 99.5 Å². The molecule has 0 saturated heterocycles. The first-order chi connectivity index (χ1) is 24.3. The number of hydrogen-bond acceptors (Lipinski definition) is 4. The molecule has 0 aliphatic rings. The maximum absolute atomic E-state index is 6.60. The molecule has 0 bridgehead atoms. The van der Waals surface area contributed by atoms with E-state index < -0.39 is 0 Å². The summed E-state index contributed by atoms with van der Waals surface area (Å²) in [5.41, 5.74) is 9.22. The Balaban J connectivity index is 1.20. The molecule has 49 heavy (non-hydrogen) atoms. The van der Waals surface area contributed by atoms with Gasteiger partial charge in [0.05, 0.1) is 28.0 Å². The summed E-state index contributed by atoms with van der Waals surface area (Å²) >= 11 is 0. The van der Waals surface area contributed by atoms with E-state index in [2.05, 4.69) is 121 Å². The van der Waals surface area contributed by atoms with Gasteiger partial charge in [-0.25, -0.2) is 15.0 Å². The van der Waals surface area contributed by atoms with Crippen LogP contribution in [0.1, 0.15) is 0 Å². The lowest BCUT2D eigenvalue weighted by molar-refractivity contribution is 0.672. The van der Waals surface area contributed by atoms with E-state index in [4.69, 9.17) is 19.4 Å². The summed E-state index contributed by atoms with van der Waals surface area (Å²) in [6.07, 6.45) is 0. The van der Waals surface area contributed by atoms with Crippen molar-refractivity contribution < 1.29 is 4.42 Å². The van der Waals surface area contributed by atoms with Crippen molar-refractivity contribution in [1.29, 1.82) is 0 Å². The molecule has 0 radical (unpaired) electrons. The lowest BCUT2D eigenvalue weighted by Crippen LogP contribution is -1.96. The van der Waals surface area contributed by atoms with Crippen molar-refractivity contribution in [3.05, 3.63) is 164 Å². The molecule has 3 heterocycles. The number of aromatic nitrogens is 3. The van der Waals surface area contributed by atoms with Crippen LogP contribution < -0.4 is 0 Å². The summed E-state index contributed by atoms with van der Waals surface area (Å²) in [6, 6.07) is 56.7. The first kappa shape index (κ1) is 27.5. The van der Waals surface area contributed by atoms with E-state index in [9.17, 15) is 0 Å². The minimum Gasteiger partial charge on any atom is -0.455 e. The Kier molecular flexibility index (Phi) is 6.15. The Labute approximate surface area is 282 Å². The average Bonchev–Trinajstić information content (AvgIpc) is 3.57. The lowest BCUT2D eigenvalue weighted by Gasteiger charge is -2.11. The molecule has 0 atom stereocenters. The number of furan rings is 1. The highest BCUT2D eigenvalue weighted by Gasteiger charge is 2.19. The van der Waals surface area contributed by atoms with E-state index in [1.165, 1.54) is 16.2 Å². The molecule has 0 saturated carbocycles. The summed E-state index contributed by atoms with van der Waals surface area (Å²) in [4.78, 5) is 15.5. The van der Waals surface area contributed by atoms with Crippen molar-refractivity contribution in [3.63, 3.8) is 0 Å². The highest BCUT2D eigenvalue weighted by molar-refractivity contribution is 6.19. The number of hydrogen-bond donors (Lipinski definition) is 0. The maximum atomic E-state index is 6.60. The van der Waals surface area contributed by atoms with Gasteiger partial charge in [0.2, 0.25) is 0 Å². The standard InChI is InChI=1S/C45H27N3O/c1-3-12-29(13-4-1)39-27-40(48-45(47-39)33-21-23-35-31(25-33)20-19-28-11-7-8-16-34(28)35)32-22-24-41-37(26-32)42-43(30-14-5-2-6-15-30)46-38-18-10-9-17-36(38)44(42)49-41/h1-27H. The highest BCUT2D eigenvalue weighted by atomic mass is 16.3. The third-order valence-corrected chi connectivity index (χ3v) is 9.45. The van der Waals surface area contributed by atoms with Crippen LogP contribution >= 0.6 is 0 Å². The molecule has 0 spiro atoms. The van der Waals surface area contributed by atoms with Crippen LogP contribution in [0.4, 0.5) is 0 Å². The fourth-order valence-electron chi connectivity index (χ4n) is 7.06. The molecule has 4 nitrogen and oxygen atoms in total. The number of para-hydroxylation sites is 1. The minimum atomic E-state index is 0.682. The van der Waals surface area contributed by atoms with E-state index >= 15 is 0 Å². The predicted octanol–water partition coefficient (Wildman–Crippen LogP) is 11.9. The molecule has 0 unspecified atom stereocenters. The Morgan fingerprint density at radius 1 is 0.388 bits per heavy atom. The fraction of sp³-hybridized carbons (Fsp3) is 0. The van der Waals surface area contributed by atoms with Crippen LogP contribution in [-0.2, 0) is 0 Å². The number of rotatable bonds is 4. The van der Waals surface area contributed by atoms with Crippen LogP contribution in [0.15, 0.2) is 168 Å². The Hall–Kier alpha value is -6.65.